The maximum atomic E-state index is 11.0. The summed E-state index contributed by atoms with van der Waals surface area (Å²) >= 11 is 0. The second-order valence-electron chi connectivity index (χ2n) is 5.03. The maximum absolute atomic E-state index is 11.0. The number of carbonyl (C=O) groups is 1. The molecule has 5 nitrogen and oxygen atoms in total. The van der Waals surface area contributed by atoms with Crippen molar-refractivity contribution in [1.82, 2.24) is 4.98 Å². The van der Waals surface area contributed by atoms with Gasteiger partial charge in [-0.15, -0.1) is 0 Å². The molecule has 1 heterocycles. The first-order chi connectivity index (χ1) is 8.58. The normalized spacial score (nSPS) is 23.6. The lowest BCUT2D eigenvalue weighted by atomic mass is 9.87. The molecule has 0 radical (unpaired) electrons. The number of carboxylic acid groups (broad SMARTS) is 1. The highest BCUT2D eigenvalue weighted by Crippen LogP contribution is 2.28. The molecule has 18 heavy (non-hydrogen) atoms. The molecular weight excluding hydrogens is 230 g/mol. The van der Waals surface area contributed by atoms with E-state index >= 15 is 0 Å². The highest BCUT2D eigenvalue weighted by molar-refractivity contribution is 5.96. The van der Waals surface area contributed by atoms with E-state index in [2.05, 4.69) is 17.2 Å². The minimum absolute atomic E-state index is 0.108. The van der Waals surface area contributed by atoms with Gasteiger partial charge in [-0.3, -0.25) is 0 Å². The van der Waals surface area contributed by atoms with Crippen LogP contribution in [0.2, 0.25) is 0 Å². The first-order valence-electron chi connectivity index (χ1n) is 6.32. The van der Waals surface area contributed by atoms with Crippen LogP contribution in [0.15, 0.2) is 12.3 Å². The minimum Gasteiger partial charge on any atom is -0.478 e. The van der Waals surface area contributed by atoms with Crippen LogP contribution in [0.4, 0.5) is 11.5 Å². The van der Waals surface area contributed by atoms with E-state index in [4.69, 9.17) is 10.8 Å². The lowest BCUT2D eigenvalue weighted by Gasteiger charge is -2.27. The van der Waals surface area contributed by atoms with Crippen molar-refractivity contribution in [1.29, 1.82) is 0 Å². The number of hydrogen-bond acceptors (Lipinski definition) is 4. The first kappa shape index (κ1) is 12.7. The van der Waals surface area contributed by atoms with Crippen LogP contribution in [0.1, 0.15) is 43.0 Å². The zero-order valence-electron chi connectivity index (χ0n) is 10.5. The van der Waals surface area contributed by atoms with Crippen molar-refractivity contribution in [2.45, 2.75) is 38.6 Å². The molecule has 0 spiro atoms. The standard InChI is InChI=1S/C13H19N3O2/c1-8-2-4-9(5-3-8)16-12-11(14)10(13(17)18)6-7-15-12/h6-9H,2-5,14H2,1H3,(H,15,16)(H,17,18). The number of nitrogens with zero attached hydrogens (tertiary/aromatic N) is 1. The van der Waals surface area contributed by atoms with Crippen molar-refractivity contribution in [3.8, 4) is 0 Å². The third-order valence-electron chi connectivity index (χ3n) is 3.58. The Balaban J connectivity index is 2.10. The number of pyridine rings is 1. The molecule has 1 saturated carbocycles. The van der Waals surface area contributed by atoms with Gasteiger partial charge in [0.1, 0.15) is 5.82 Å². The average molecular weight is 249 g/mol. The average Bonchev–Trinajstić information content (AvgIpc) is 2.34. The van der Waals surface area contributed by atoms with Crippen LogP contribution in [-0.2, 0) is 0 Å². The van der Waals surface area contributed by atoms with Crippen molar-refractivity contribution in [2.75, 3.05) is 11.1 Å². The van der Waals surface area contributed by atoms with E-state index in [0.29, 0.717) is 11.9 Å². The van der Waals surface area contributed by atoms with Crippen LogP contribution in [0.25, 0.3) is 0 Å². The van der Waals surface area contributed by atoms with E-state index in [1.54, 1.807) is 0 Å². The van der Waals surface area contributed by atoms with Crippen molar-refractivity contribution in [2.24, 2.45) is 5.92 Å². The molecule has 0 atom stereocenters. The molecule has 1 aliphatic rings. The van der Waals surface area contributed by atoms with E-state index in [1.165, 1.54) is 25.1 Å². The van der Waals surface area contributed by atoms with Crippen LogP contribution in [0.3, 0.4) is 0 Å². The number of nitrogens with two attached hydrogens (primary N) is 1. The second-order valence-corrected chi connectivity index (χ2v) is 5.03. The van der Waals surface area contributed by atoms with Gasteiger partial charge < -0.3 is 16.2 Å². The fraction of sp³-hybridized carbons (Fsp3) is 0.538. The maximum Gasteiger partial charge on any atom is 0.337 e. The zero-order chi connectivity index (χ0) is 13.1. The van der Waals surface area contributed by atoms with Gasteiger partial charge in [0.25, 0.3) is 0 Å². The Labute approximate surface area is 106 Å². The number of rotatable bonds is 3. The molecule has 1 fully saturated rings. The first-order valence-corrected chi connectivity index (χ1v) is 6.32. The molecule has 5 heteroatoms. The van der Waals surface area contributed by atoms with Crippen molar-refractivity contribution >= 4 is 17.5 Å². The topological polar surface area (TPSA) is 88.2 Å². The summed E-state index contributed by atoms with van der Waals surface area (Å²) in [5.41, 5.74) is 6.16. The zero-order valence-corrected chi connectivity index (χ0v) is 10.5. The van der Waals surface area contributed by atoms with Gasteiger partial charge in [0, 0.05) is 12.2 Å². The number of anilines is 2. The molecule has 0 amide bonds. The Bertz CT molecular complexity index is 440. The van der Waals surface area contributed by atoms with Gasteiger partial charge >= 0.3 is 5.97 Å². The SMILES string of the molecule is CC1CCC(Nc2nccc(C(=O)O)c2N)CC1. The Morgan fingerprint density at radius 1 is 1.44 bits per heavy atom. The third kappa shape index (κ3) is 2.72. The molecule has 2 rings (SSSR count). The summed E-state index contributed by atoms with van der Waals surface area (Å²) in [6.45, 7) is 2.26. The predicted molar refractivity (Wildman–Crippen MR) is 70.7 cm³/mol. The highest BCUT2D eigenvalue weighted by atomic mass is 16.4. The molecule has 0 saturated heterocycles. The smallest absolute Gasteiger partial charge is 0.337 e. The largest absolute Gasteiger partial charge is 0.478 e. The van der Waals surface area contributed by atoms with Crippen molar-refractivity contribution < 1.29 is 9.90 Å². The van der Waals surface area contributed by atoms with Gasteiger partial charge in [-0.25, -0.2) is 9.78 Å². The number of carboxylic acids is 1. The van der Waals surface area contributed by atoms with Crippen LogP contribution in [0.5, 0.6) is 0 Å². The van der Waals surface area contributed by atoms with Crippen molar-refractivity contribution in [3.05, 3.63) is 17.8 Å². The summed E-state index contributed by atoms with van der Waals surface area (Å²) < 4.78 is 0. The lowest BCUT2D eigenvalue weighted by Crippen LogP contribution is -2.26. The molecule has 1 aromatic heterocycles. The highest BCUT2D eigenvalue weighted by Gasteiger charge is 2.20. The Morgan fingerprint density at radius 2 is 2.11 bits per heavy atom. The number of nitrogens with one attached hydrogen (secondary N) is 1. The van der Waals surface area contributed by atoms with Crippen LogP contribution in [0, 0.1) is 5.92 Å². The van der Waals surface area contributed by atoms with E-state index in [1.807, 2.05) is 0 Å². The van der Waals surface area contributed by atoms with Gasteiger partial charge in [0.15, 0.2) is 0 Å². The third-order valence-corrected chi connectivity index (χ3v) is 3.58. The van der Waals surface area contributed by atoms with Crippen molar-refractivity contribution in [3.63, 3.8) is 0 Å². The molecule has 0 aliphatic heterocycles. The summed E-state index contributed by atoms with van der Waals surface area (Å²) in [7, 11) is 0. The van der Waals surface area contributed by atoms with Gasteiger partial charge in [-0.2, -0.15) is 0 Å². The van der Waals surface area contributed by atoms with Gasteiger partial charge in [-0.05, 0) is 37.7 Å². The monoisotopic (exact) mass is 249 g/mol. The fourth-order valence-electron chi connectivity index (χ4n) is 2.37. The lowest BCUT2D eigenvalue weighted by molar-refractivity contribution is 0.0698. The van der Waals surface area contributed by atoms with Gasteiger partial charge in [0.05, 0.1) is 11.3 Å². The summed E-state index contributed by atoms with van der Waals surface area (Å²) in [6.07, 6.45) is 6.03. The summed E-state index contributed by atoms with van der Waals surface area (Å²) in [5.74, 6) is 0.253. The van der Waals surface area contributed by atoms with Crippen LogP contribution < -0.4 is 11.1 Å². The molecule has 0 aromatic carbocycles. The van der Waals surface area contributed by atoms with E-state index < -0.39 is 5.97 Å². The van der Waals surface area contributed by atoms with Crippen LogP contribution in [-0.4, -0.2) is 22.1 Å². The Hall–Kier alpha value is -1.78. The van der Waals surface area contributed by atoms with E-state index in [0.717, 1.165) is 18.8 Å². The van der Waals surface area contributed by atoms with Gasteiger partial charge in [-0.1, -0.05) is 6.92 Å². The fourth-order valence-corrected chi connectivity index (χ4v) is 2.37. The summed E-state index contributed by atoms with van der Waals surface area (Å²) in [6, 6.07) is 1.77. The van der Waals surface area contributed by atoms with Crippen LogP contribution >= 0.6 is 0 Å². The minimum atomic E-state index is -1.02. The van der Waals surface area contributed by atoms with E-state index in [-0.39, 0.29) is 11.3 Å². The van der Waals surface area contributed by atoms with E-state index in [9.17, 15) is 4.79 Å². The molecule has 98 valence electrons. The number of aromatic carboxylic acids is 1. The number of aromatic nitrogens is 1. The molecule has 1 aromatic rings. The quantitative estimate of drug-likeness (QED) is 0.765. The summed E-state index contributed by atoms with van der Waals surface area (Å²) in [5, 5.41) is 12.3. The molecule has 1 aliphatic carbocycles. The number of nitrogen functional groups attached to an aromatic ring is 1. The molecule has 4 N–H and O–H groups in total. The molecule has 0 unspecified atom stereocenters. The molecular formula is C13H19N3O2. The Kier molecular flexibility index (Phi) is 3.69. The second kappa shape index (κ2) is 5.25. The summed E-state index contributed by atoms with van der Waals surface area (Å²) in [4.78, 5) is 15.1. The number of hydrogen-bond donors (Lipinski definition) is 3. The Morgan fingerprint density at radius 3 is 2.72 bits per heavy atom. The van der Waals surface area contributed by atoms with Gasteiger partial charge in [0.2, 0.25) is 0 Å². The predicted octanol–water partition coefficient (Wildman–Crippen LogP) is 2.35. The molecule has 0 bridgehead atoms.